The number of sulfonamides is 1. The number of aryl methyl sites for hydroxylation is 1. The molecule has 1 N–H and O–H groups in total. The minimum atomic E-state index is -3.92. The molecule has 0 aromatic heterocycles. The number of nitrogens with one attached hydrogen (secondary N) is 1. The molecule has 1 aliphatic heterocycles. The number of nitrogens with zero attached hydrogens (tertiary/aromatic N) is 2. The number of nitro groups is 1. The number of carbonyl (C=O) groups is 1. The molecule has 1 aliphatic rings. The zero-order chi connectivity index (χ0) is 24.9. The number of rotatable bonds is 9. The van der Waals surface area contributed by atoms with Crippen molar-refractivity contribution in [3.63, 3.8) is 0 Å². The van der Waals surface area contributed by atoms with E-state index in [9.17, 15) is 32.1 Å². The van der Waals surface area contributed by atoms with Gasteiger partial charge in [-0.2, -0.15) is 13.1 Å². The van der Waals surface area contributed by atoms with Crippen LogP contribution < -0.4 is 10.1 Å². The summed E-state index contributed by atoms with van der Waals surface area (Å²) in [6.07, 6.45) is 1.16. The van der Waals surface area contributed by atoms with Crippen molar-refractivity contribution in [1.29, 1.82) is 0 Å². The molecule has 0 atom stereocenters. The van der Waals surface area contributed by atoms with Crippen molar-refractivity contribution in [2.75, 3.05) is 19.6 Å². The van der Waals surface area contributed by atoms with Crippen molar-refractivity contribution in [2.24, 2.45) is 5.92 Å². The monoisotopic (exact) mass is 497 g/mol. The number of hydrogen-bond donors (Lipinski definition) is 1. The number of amides is 1. The molecule has 34 heavy (non-hydrogen) atoms. The van der Waals surface area contributed by atoms with Gasteiger partial charge >= 0.3 is 6.61 Å². The summed E-state index contributed by atoms with van der Waals surface area (Å²) in [5, 5.41) is 13.9. The van der Waals surface area contributed by atoms with E-state index in [1.807, 2.05) is 0 Å². The van der Waals surface area contributed by atoms with Crippen LogP contribution in [0.15, 0.2) is 47.4 Å². The molecule has 0 spiro atoms. The molecule has 12 heteroatoms. The number of alkyl halides is 2. The van der Waals surface area contributed by atoms with Crippen molar-refractivity contribution in [3.05, 3.63) is 63.7 Å². The molecular formula is C22H25F2N3O6S. The highest BCUT2D eigenvalue weighted by molar-refractivity contribution is 7.89. The topological polar surface area (TPSA) is 119 Å². The molecule has 1 saturated heterocycles. The Bertz CT molecular complexity index is 1130. The number of carbonyl (C=O) groups excluding carboxylic acids is 1. The van der Waals surface area contributed by atoms with Gasteiger partial charge in [0, 0.05) is 37.7 Å². The highest BCUT2D eigenvalue weighted by Gasteiger charge is 2.33. The van der Waals surface area contributed by atoms with E-state index in [1.165, 1.54) is 28.6 Å². The number of benzene rings is 2. The predicted molar refractivity (Wildman–Crippen MR) is 119 cm³/mol. The van der Waals surface area contributed by atoms with E-state index in [2.05, 4.69) is 10.1 Å². The van der Waals surface area contributed by atoms with Crippen LogP contribution >= 0.6 is 0 Å². The summed E-state index contributed by atoms with van der Waals surface area (Å²) in [5.41, 5.74) is 0.962. The average molecular weight is 498 g/mol. The lowest BCUT2D eigenvalue weighted by Crippen LogP contribution is -2.43. The molecule has 1 heterocycles. The summed E-state index contributed by atoms with van der Waals surface area (Å²) in [7, 11) is -3.92. The minimum absolute atomic E-state index is 0.0600. The molecule has 3 rings (SSSR count). The van der Waals surface area contributed by atoms with Crippen molar-refractivity contribution >= 4 is 21.6 Å². The first-order valence-corrected chi connectivity index (χ1v) is 12.1. The maximum Gasteiger partial charge on any atom is 0.387 e. The summed E-state index contributed by atoms with van der Waals surface area (Å²) in [6, 6.07) is 9.88. The lowest BCUT2D eigenvalue weighted by molar-refractivity contribution is -0.385. The van der Waals surface area contributed by atoms with E-state index in [-0.39, 0.29) is 41.2 Å². The predicted octanol–water partition coefficient (Wildman–Crippen LogP) is 3.26. The van der Waals surface area contributed by atoms with E-state index < -0.39 is 21.6 Å². The molecule has 0 bridgehead atoms. The van der Waals surface area contributed by atoms with E-state index in [4.69, 9.17) is 0 Å². The molecule has 2 aromatic rings. The molecule has 2 aromatic carbocycles. The Kier molecular flexibility index (Phi) is 8.15. The van der Waals surface area contributed by atoms with Gasteiger partial charge in [-0.15, -0.1) is 0 Å². The SMILES string of the molecule is Cc1ccc([N+](=O)[O-])cc1S(=O)(=O)N1CCC(C(=O)NCCc2ccc(OC(F)F)cc2)CC1. The molecule has 0 saturated carbocycles. The van der Waals surface area contributed by atoms with Crippen LogP contribution in [0.2, 0.25) is 0 Å². The summed E-state index contributed by atoms with van der Waals surface area (Å²) >= 11 is 0. The third kappa shape index (κ3) is 6.26. The van der Waals surface area contributed by atoms with Crippen molar-refractivity contribution in [3.8, 4) is 5.75 Å². The second-order valence-corrected chi connectivity index (χ2v) is 9.86. The Morgan fingerprint density at radius 1 is 1.21 bits per heavy atom. The van der Waals surface area contributed by atoms with Gasteiger partial charge < -0.3 is 10.1 Å². The minimum Gasteiger partial charge on any atom is -0.435 e. The Labute approximate surface area is 195 Å². The summed E-state index contributed by atoms with van der Waals surface area (Å²) in [5.74, 6) is -0.467. The van der Waals surface area contributed by atoms with Crippen LogP contribution in [0, 0.1) is 23.0 Å². The average Bonchev–Trinajstić information content (AvgIpc) is 2.80. The number of non-ortho nitro benzene ring substituents is 1. The van der Waals surface area contributed by atoms with Gasteiger partial charge in [-0.25, -0.2) is 8.42 Å². The van der Waals surface area contributed by atoms with Gasteiger partial charge in [0.05, 0.1) is 9.82 Å². The standard InChI is InChI=1S/C22H25F2N3O6S/c1-15-2-5-18(27(29)30)14-20(15)34(31,32)26-12-9-17(10-13-26)21(28)25-11-8-16-3-6-19(7-4-16)33-22(23)24/h2-7,14,17,22H,8-13H2,1H3,(H,25,28). The fourth-order valence-corrected chi connectivity index (χ4v) is 5.50. The normalized spacial score (nSPS) is 15.3. The van der Waals surface area contributed by atoms with Crippen molar-refractivity contribution in [1.82, 2.24) is 9.62 Å². The van der Waals surface area contributed by atoms with Crippen LogP contribution in [-0.4, -0.2) is 49.8 Å². The van der Waals surface area contributed by atoms with Crippen LogP contribution in [0.1, 0.15) is 24.0 Å². The van der Waals surface area contributed by atoms with Gasteiger partial charge in [0.25, 0.3) is 5.69 Å². The number of nitro benzene ring substituents is 1. The van der Waals surface area contributed by atoms with E-state index in [0.29, 0.717) is 31.4 Å². The zero-order valence-corrected chi connectivity index (χ0v) is 19.3. The zero-order valence-electron chi connectivity index (χ0n) is 18.4. The third-order valence-electron chi connectivity index (χ3n) is 5.69. The molecule has 0 aliphatic carbocycles. The Morgan fingerprint density at radius 2 is 1.85 bits per heavy atom. The summed E-state index contributed by atoms with van der Waals surface area (Å²) in [4.78, 5) is 22.8. The highest BCUT2D eigenvalue weighted by atomic mass is 32.2. The van der Waals surface area contributed by atoms with E-state index in [1.54, 1.807) is 19.1 Å². The molecule has 1 amide bonds. The van der Waals surface area contributed by atoms with Gasteiger partial charge in [-0.1, -0.05) is 18.2 Å². The first-order valence-electron chi connectivity index (χ1n) is 10.6. The smallest absolute Gasteiger partial charge is 0.387 e. The maximum absolute atomic E-state index is 13.0. The Balaban J connectivity index is 1.51. The number of piperidine rings is 1. The van der Waals surface area contributed by atoms with Crippen LogP contribution in [0.5, 0.6) is 5.75 Å². The van der Waals surface area contributed by atoms with E-state index in [0.717, 1.165) is 11.6 Å². The maximum atomic E-state index is 13.0. The number of halogens is 2. The molecule has 9 nitrogen and oxygen atoms in total. The summed E-state index contributed by atoms with van der Waals surface area (Å²) < 4.78 is 56.0. The lowest BCUT2D eigenvalue weighted by atomic mass is 9.97. The van der Waals surface area contributed by atoms with Gasteiger partial charge in [-0.3, -0.25) is 14.9 Å². The molecule has 0 unspecified atom stereocenters. The van der Waals surface area contributed by atoms with E-state index >= 15 is 0 Å². The summed E-state index contributed by atoms with van der Waals surface area (Å²) in [6.45, 7) is -0.695. The lowest BCUT2D eigenvalue weighted by Gasteiger charge is -2.30. The second kappa shape index (κ2) is 10.9. The van der Waals surface area contributed by atoms with Crippen molar-refractivity contribution in [2.45, 2.75) is 37.7 Å². The van der Waals surface area contributed by atoms with Gasteiger partial charge in [-0.05, 0) is 49.4 Å². The first-order chi connectivity index (χ1) is 16.1. The Morgan fingerprint density at radius 3 is 2.44 bits per heavy atom. The van der Waals surface area contributed by atoms with Crippen LogP contribution in [0.25, 0.3) is 0 Å². The van der Waals surface area contributed by atoms with Crippen LogP contribution in [0.3, 0.4) is 0 Å². The molecular weight excluding hydrogens is 472 g/mol. The fourth-order valence-electron chi connectivity index (χ4n) is 3.79. The first kappa shape index (κ1) is 25.5. The molecule has 1 fully saturated rings. The molecule has 184 valence electrons. The number of hydrogen-bond acceptors (Lipinski definition) is 6. The van der Waals surface area contributed by atoms with Crippen LogP contribution in [-0.2, 0) is 21.2 Å². The van der Waals surface area contributed by atoms with Crippen molar-refractivity contribution < 1.29 is 31.7 Å². The fraction of sp³-hybridized carbons (Fsp3) is 0.409. The second-order valence-electron chi connectivity index (χ2n) is 7.95. The van der Waals surface area contributed by atoms with Gasteiger partial charge in [0.2, 0.25) is 15.9 Å². The largest absolute Gasteiger partial charge is 0.435 e. The Hall–Kier alpha value is -3.12. The van der Waals surface area contributed by atoms with Crippen LogP contribution in [0.4, 0.5) is 14.5 Å². The molecule has 0 radical (unpaired) electrons. The third-order valence-corrected chi connectivity index (χ3v) is 7.73. The number of ether oxygens (including phenoxy) is 1. The quantitative estimate of drug-likeness (QED) is 0.420. The van der Waals surface area contributed by atoms with Gasteiger partial charge in [0.15, 0.2) is 0 Å². The highest BCUT2D eigenvalue weighted by Crippen LogP contribution is 2.28. The van der Waals surface area contributed by atoms with Gasteiger partial charge in [0.1, 0.15) is 5.75 Å².